The Labute approximate surface area is 141 Å². The van der Waals surface area contributed by atoms with Gasteiger partial charge in [-0.3, -0.25) is 4.79 Å². The average molecular weight is 329 g/mol. The number of hydrogen-bond acceptors (Lipinski definition) is 4. The molecule has 5 heteroatoms. The molecule has 0 aliphatic carbocycles. The first kappa shape index (κ1) is 21.9. The third kappa shape index (κ3) is 13.1. The van der Waals surface area contributed by atoms with Gasteiger partial charge in [-0.2, -0.15) is 0 Å². The number of amides is 1. The summed E-state index contributed by atoms with van der Waals surface area (Å²) in [5.74, 6) is -0.815. The normalized spacial score (nSPS) is 12.0. The minimum atomic E-state index is -0.944. The van der Waals surface area contributed by atoms with E-state index in [1.165, 1.54) is 58.5 Å². The summed E-state index contributed by atoms with van der Waals surface area (Å²) in [6.45, 7) is 1.80. The molecule has 1 atom stereocenters. The summed E-state index contributed by atoms with van der Waals surface area (Å²) < 4.78 is 4.50. The number of aliphatic hydroxyl groups is 1. The maximum atomic E-state index is 11.7. The van der Waals surface area contributed by atoms with Crippen LogP contribution in [0.4, 0.5) is 0 Å². The average Bonchev–Trinajstić information content (AvgIpc) is 2.56. The van der Waals surface area contributed by atoms with Gasteiger partial charge in [0.25, 0.3) is 0 Å². The lowest BCUT2D eigenvalue weighted by atomic mass is 10.1. The lowest BCUT2D eigenvalue weighted by molar-refractivity contribution is -0.146. The first-order valence-corrected chi connectivity index (χ1v) is 9.13. The van der Waals surface area contributed by atoms with Gasteiger partial charge in [0.2, 0.25) is 5.91 Å². The Kier molecular flexibility index (Phi) is 15.0. The molecule has 0 aromatic heterocycles. The molecule has 0 unspecified atom stereocenters. The standard InChI is InChI=1S/C18H35NO4/c1-3-4-5-6-7-8-9-10-11-12-13-14-17(21)19-16(15-20)18(22)23-2/h16,20H,3-15H2,1-2H3,(H,19,21)/t16-/m0/s1. The highest BCUT2D eigenvalue weighted by Crippen LogP contribution is 2.11. The van der Waals surface area contributed by atoms with E-state index in [1.807, 2.05) is 0 Å². The van der Waals surface area contributed by atoms with Crippen LogP contribution in [0.15, 0.2) is 0 Å². The number of carbonyl (C=O) groups is 2. The van der Waals surface area contributed by atoms with Gasteiger partial charge in [0.1, 0.15) is 0 Å². The largest absolute Gasteiger partial charge is 0.467 e. The van der Waals surface area contributed by atoms with Crippen molar-refractivity contribution in [3.8, 4) is 0 Å². The second-order valence-electron chi connectivity index (χ2n) is 6.11. The summed E-state index contributed by atoms with van der Waals surface area (Å²) in [6, 6.07) is -0.944. The fourth-order valence-corrected chi connectivity index (χ4v) is 2.54. The summed E-state index contributed by atoms with van der Waals surface area (Å²) in [4.78, 5) is 22.9. The monoisotopic (exact) mass is 329 g/mol. The van der Waals surface area contributed by atoms with Crippen LogP contribution < -0.4 is 5.32 Å². The number of rotatable bonds is 15. The van der Waals surface area contributed by atoms with Crippen molar-refractivity contribution in [3.05, 3.63) is 0 Å². The molecular formula is C18H35NO4. The number of ether oxygens (including phenoxy) is 1. The van der Waals surface area contributed by atoms with Crippen molar-refractivity contribution in [2.75, 3.05) is 13.7 Å². The van der Waals surface area contributed by atoms with Crippen molar-refractivity contribution >= 4 is 11.9 Å². The molecule has 2 N–H and O–H groups in total. The van der Waals surface area contributed by atoms with Crippen molar-refractivity contribution in [2.45, 2.75) is 90.0 Å². The highest BCUT2D eigenvalue weighted by Gasteiger charge is 2.19. The lowest BCUT2D eigenvalue weighted by Crippen LogP contribution is -2.43. The lowest BCUT2D eigenvalue weighted by Gasteiger charge is -2.13. The fraction of sp³-hybridized carbons (Fsp3) is 0.889. The number of esters is 1. The minimum Gasteiger partial charge on any atom is -0.467 e. The molecule has 136 valence electrons. The maximum Gasteiger partial charge on any atom is 0.330 e. The Morgan fingerprint density at radius 3 is 1.83 bits per heavy atom. The predicted molar refractivity (Wildman–Crippen MR) is 92.1 cm³/mol. The fourth-order valence-electron chi connectivity index (χ4n) is 2.54. The van der Waals surface area contributed by atoms with Gasteiger partial charge in [-0.15, -0.1) is 0 Å². The Bertz CT molecular complexity index is 307. The summed E-state index contributed by atoms with van der Waals surface area (Å²) >= 11 is 0. The number of hydrogen-bond donors (Lipinski definition) is 2. The minimum absolute atomic E-state index is 0.203. The van der Waals surface area contributed by atoms with Crippen molar-refractivity contribution in [1.82, 2.24) is 5.32 Å². The summed E-state index contributed by atoms with van der Waals surface area (Å²) in [5, 5.41) is 11.5. The van der Waals surface area contributed by atoms with E-state index in [0.717, 1.165) is 19.3 Å². The first-order valence-electron chi connectivity index (χ1n) is 9.13. The molecule has 0 bridgehead atoms. The van der Waals surface area contributed by atoms with Gasteiger partial charge in [0.15, 0.2) is 6.04 Å². The highest BCUT2D eigenvalue weighted by molar-refractivity contribution is 5.84. The maximum absolute atomic E-state index is 11.7. The molecule has 0 aliphatic heterocycles. The van der Waals surface area contributed by atoms with Gasteiger partial charge in [-0.25, -0.2) is 4.79 Å². The van der Waals surface area contributed by atoms with Gasteiger partial charge in [-0.05, 0) is 6.42 Å². The molecule has 0 rings (SSSR count). The highest BCUT2D eigenvalue weighted by atomic mass is 16.5. The molecule has 0 heterocycles. The van der Waals surface area contributed by atoms with Gasteiger partial charge in [-0.1, -0.05) is 71.1 Å². The van der Waals surface area contributed by atoms with Gasteiger partial charge in [0, 0.05) is 6.42 Å². The van der Waals surface area contributed by atoms with Crippen molar-refractivity contribution in [2.24, 2.45) is 0 Å². The molecule has 0 radical (unpaired) electrons. The topological polar surface area (TPSA) is 75.6 Å². The quantitative estimate of drug-likeness (QED) is 0.357. The number of unbranched alkanes of at least 4 members (excludes halogenated alkanes) is 10. The van der Waals surface area contributed by atoms with Crippen LogP contribution in [0.25, 0.3) is 0 Å². The smallest absolute Gasteiger partial charge is 0.330 e. The van der Waals surface area contributed by atoms with Crippen LogP contribution in [0, 0.1) is 0 Å². The number of aliphatic hydroxyl groups excluding tert-OH is 1. The molecule has 0 aliphatic rings. The number of carbonyl (C=O) groups excluding carboxylic acids is 2. The SMILES string of the molecule is CCCCCCCCCCCCCC(=O)N[C@@H](CO)C(=O)OC. The Morgan fingerprint density at radius 2 is 1.39 bits per heavy atom. The third-order valence-electron chi connectivity index (χ3n) is 4.01. The van der Waals surface area contributed by atoms with Crippen molar-refractivity contribution in [3.63, 3.8) is 0 Å². The van der Waals surface area contributed by atoms with Gasteiger partial charge >= 0.3 is 5.97 Å². The van der Waals surface area contributed by atoms with E-state index in [-0.39, 0.29) is 5.91 Å². The number of methoxy groups -OCH3 is 1. The molecule has 0 saturated heterocycles. The van der Waals surface area contributed by atoms with Crippen LogP contribution in [0.3, 0.4) is 0 Å². The molecule has 23 heavy (non-hydrogen) atoms. The molecule has 5 nitrogen and oxygen atoms in total. The van der Waals surface area contributed by atoms with E-state index in [0.29, 0.717) is 6.42 Å². The Hall–Kier alpha value is -1.10. The van der Waals surface area contributed by atoms with Gasteiger partial charge in [0.05, 0.1) is 13.7 Å². The van der Waals surface area contributed by atoms with Crippen LogP contribution in [-0.4, -0.2) is 36.7 Å². The zero-order valence-corrected chi connectivity index (χ0v) is 14.9. The molecule has 0 aromatic carbocycles. The molecule has 1 amide bonds. The zero-order valence-electron chi connectivity index (χ0n) is 14.9. The predicted octanol–water partition coefficient (Wildman–Crippen LogP) is 3.34. The molecule has 0 spiro atoms. The summed E-state index contributed by atoms with van der Waals surface area (Å²) in [5.41, 5.74) is 0. The van der Waals surface area contributed by atoms with E-state index in [9.17, 15) is 9.59 Å². The summed E-state index contributed by atoms with van der Waals surface area (Å²) in [6.07, 6.45) is 14.0. The molecule has 0 fully saturated rings. The van der Waals surface area contributed by atoms with Crippen LogP contribution in [0.2, 0.25) is 0 Å². The third-order valence-corrected chi connectivity index (χ3v) is 4.01. The molecule has 0 saturated carbocycles. The van der Waals surface area contributed by atoms with Crippen LogP contribution >= 0.6 is 0 Å². The second kappa shape index (κ2) is 15.8. The number of nitrogens with one attached hydrogen (secondary N) is 1. The van der Waals surface area contributed by atoms with Crippen molar-refractivity contribution in [1.29, 1.82) is 0 Å². The van der Waals surface area contributed by atoms with E-state index in [2.05, 4.69) is 17.0 Å². The zero-order chi connectivity index (χ0) is 17.3. The van der Waals surface area contributed by atoms with Crippen LogP contribution in [0.5, 0.6) is 0 Å². The molecular weight excluding hydrogens is 294 g/mol. The van der Waals surface area contributed by atoms with E-state index >= 15 is 0 Å². The first-order chi connectivity index (χ1) is 11.2. The summed E-state index contributed by atoms with van der Waals surface area (Å²) in [7, 11) is 1.24. The van der Waals surface area contributed by atoms with Crippen LogP contribution in [0.1, 0.15) is 84.0 Å². The van der Waals surface area contributed by atoms with E-state index in [4.69, 9.17) is 5.11 Å². The van der Waals surface area contributed by atoms with E-state index < -0.39 is 18.6 Å². The molecule has 0 aromatic rings. The van der Waals surface area contributed by atoms with Crippen LogP contribution in [-0.2, 0) is 14.3 Å². The van der Waals surface area contributed by atoms with E-state index in [1.54, 1.807) is 0 Å². The Morgan fingerprint density at radius 1 is 0.913 bits per heavy atom. The second-order valence-corrected chi connectivity index (χ2v) is 6.11. The van der Waals surface area contributed by atoms with Crippen molar-refractivity contribution < 1.29 is 19.4 Å². The Balaban J connectivity index is 3.43. The van der Waals surface area contributed by atoms with Gasteiger partial charge < -0.3 is 15.2 Å².